The predicted octanol–water partition coefficient (Wildman–Crippen LogP) is 2.81. The van der Waals surface area contributed by atoms with Gasteiger partial charge in [-0.15, -0.1) is 0 Å². The molecule has 0 aliphatic carbocycles. The van der Waals surface area contributed by atoms with Gasteiger partial charge in [0.05, 0.1) is 12.3 Å². The van der Waals surface area contributed by atoms with Crippen molar-refractivity contribution in [2.75, 3.05) is 12.4 Å². The Bertz CT molecular complexity index is 520. The van der Waals surface area contributed by atoms with Gasteiger partial charge in [-0.3, -0.25) is 4.79 Å². The Balaban J connectivity index is 2.12. The van der Waals surface area contributed by atoms with Gasteiger partial charge in [0.25, 0.3) is 5.91 Å². The second kappa shape index (κ2) is 5.40. The Morgan fingerprint density at radius 1 is 1.28 bits per heavy atom. The minimum Gasteiger partial charge on any atom is -0.467 e. The van der Waals surface area contributed by atoms with Crippen molar-refractivity contribution in [2.45, 2.75) is 13.0 Å². The fraction of sp³-hybridized carbons (Fsp3) is 0.214. The summed E-state index contributed by atoms with van der Waals surface area (Å²) in [5.74, 6) is 0.768. The summed E-state index contributed by atoms with van der Waals surface area (Å²) in [6, 6.07) is 11.2. The number of amides is 1. The van der Waals surface area contributed by atoms with Crippen LogP contribution < -0.4 is 10.6 Å². The van der Waals surface area contributed by atoms with Gasteiger partial charge in [-0.1, -0.05) is 6.07 Å². The first-order chi connectivity index (χ1) is 8.70. The van der Waals surface area contributed by atoms with Crippen LogP contribution in [0.25, 0.3) is 0 Å². The van der Waals surface area contributed by atoms with Crippen molar-refractivity contribution in [3.05, 3.63) is 54.0 Å². The third-order valence-electron chi connectivity index (χ3n) is 2.70. The van der Waals surface area contributed by atoms with E-state index in [1.54, 1.807) is 19.4 Å². The van der Waals surface area contributed by atoms with Crippen LogP contribution in [0.3, 0.4) is 0 Å². The summed E-state index contributed by atoms with van der Waals surface area (Å²) >= 11 is 0. The highest BCUT2D eigenvalue weighted by Gasteiger charge is 2.09. The van der Waals surface area contributed by atoms with Crippen molar-refractivity contribution in [3.63, 3.8) is 0 Å². The van der Waals surface area contributed by atoms with Crippen molar-refractivity contribution in [1.29, 1.82) is 0 Å². The fourth-order valence-corrected chi connectivity index (χ4v) is 1.75. The first-order valence-electron chi connectivity index (χ1n) is 5.83. The lowest BCUT2D eigenvalue weighted by molar-refractivity contribution is 0.0963. The van der Waals surface area contributed by atoms with Crippen molar-refractivity contribution >= 4 is 11.6 Å². The SMILES string of the molecule is CNC(=O)c1cccc(NC(C)c2ccco2)c1. The molecule has 1 aromatic heterocycles. The molecule has 1 atom stereocenters. The topological polar surface area (TPSA) is 54.3 Å². The third kappa shape index (κ3) is 2.71. The van der Waals surface area contributed by atoms with Crippen LogP contribution in [0.5, 0.6) is 0 Å². The maximum Gasteiger partial charge on any atom is 0.251 e. The summed E-state index contributed by atoms with van der Waals surface area (Å²) in [4.78, 5) is 11.5. The van der Waals surface area contributed by atoms with E-state index >= 15 is 0 Å². The van der Waals surface area contributed by atoms with Crippen molar-refractivity contribution in [3.8, 4) is 0 Å². The Hall–Kier alpha value is -2.23. The molecule has 1 unspecified atom stereocenters. The van der Waals surface area contributed by atoms with Gasteiger partial charge in [-0.2, -0.15) is 0 Å². The van der Waals surface area contributed by atoms with Gasteiger partial charge >= 0.3 is 0 Å². The number of furan rings is 1. The number of nitrogens with one attached hydrogen (secondary N) is 2. The van der Waals surface area contributed by atoms with Crippen LogP contribution in [0.1, 0.15) is 29.1 Å². The molecule has 2 N–H and O–H groups in total. The van der Waals surface area contributed by atoms with Crippen LogP contribution in [0, 0.1) is 0 Å². The highest BCUT2D eigenvalue weighted by Crippen LogP contribution is 2.20. The zero-order valence-corrected chi connectivity index (χ0v) is 10.4. The standard InChI is InChI=1S/C14H16N2O2/c1-10(13-7-4-8-18-13)16-12-6-3-5-11(9-12)14(17)15-2/h3-10,16H,1-2H3,(H,15,17). The number of anilines is 1. The van der Waals surface area contributed by atoms with Crippen molar-refractivity contribution in [2.24, 2.45) is 0 Å². The van der Waals surface area contributed by atoms with Gasteiger partial charge in [0.1, 0.15) is 5.76 Å². The summed E-state index contributed by atoms with van der Waals surface area (Å²) in [5, 5.41) is 5.89. The van der Waals surface area contributed by atoms with Gasteiger partial charge < -0.3 is 15.1 Å². The van der Waals surface area contributed by atoms with Crippen LogP contribution in [0.2, 0.25) is 0 Å². The number of rotatable bonds is 4. The number of hydrogen-bond donors (Lipinski definition) is 2. The Morgan fingerprint density at radius 3 is 2.78 bits per heavy atom. The van der Waals surface area contributed by atoms with Crippen molar-refractivity contribution < 1.29 is 9.21 Å². The molecule has 0 aliphatic heterocycles. The van der Waals surface area contributed by atoms with E-state index in [0.29, 0.717) is 5.56 Å². The van der Waals surface area contributed by atoms with Crippen LogP contribution >= 0.6 is 0 Å². The van der Waals surface area contributed by atoms with Crippen LogP contribution in [-0.4, -0.2) is 13.0 Å². The monoisotopic (exact) mass is 244 g/mol. The fourth-order valence-electron chi connectivity index (χ4n) is 1.75. The molecule has 1 amide bonds. The molecule has 2 aromatic rings. The van der Waals surface area contributed by atoms with Gasteiger partial charge in [0.15, 0.2) is 0 Å². The van der Waals surface area contributed by atoms with Gasteiger partial charge in [-0.05, 0) is 37.3 Å². The largest absolute Gasteiger partial charge is 0.467 e. The van der Waals surface area contributed by atoms with E-state index in [9.17, 15) is 4.79 Å². The summed E-state index contributed by atoms with van der Waals surface area (Å²) in [5.41, 5.74) is 1.52. The van der Waals surface area contributed by atoms with E-state index in [1.165, 1.54) is 0 Å². The number of carbonyl (C=O) groups excluding carboxylic acids is 1. The maximum absolute atomic E-state index is 11.5. The van der Waals surface area contributed by atoms with E-state index in [2.05, 4.69) is 10.6 Å². The lowest BCUT2D eigenvalue weighted by Gasteiger charge is -2.13. The lowest BCUT2D eigenvalue weighted by Crippen LogP contribution is -2.18. The van der Waals surface area contributed by atoms with Crippen LogP contribution in [0.15, 0.2) is 47.1 Å². The Morgan fingerprint density at radius 2 is 2.11 bits per heavy atom. The average Bonchev–Trinajstić information content (AvgIpc) is 2.92. The molecule has 1 heterocycles. The minimum absolute atomic E-state index is 0.0555. The summed E-state index contributed by atoms with van der Waals surface area (Å²) in [7, 11) is 1.62. The second-order valence-corrected chi connectivity index (χ2v) is 4.04. The van der Waals surface area contributed by atoms with E-state index in [0.717, 1.165) is 11.4 Å². The molecule has 0 fully saturated rings. The second-order valence-electron chi connectivity index (χ2n) is 4.04. The molecule has 94 valence electrons. The zero-order valence-electron chi connectivity index (χ0n) is 10.4. The molecule has 0 radical (unpaired) electrons. The van der Waals surface area contributed by atoms with E-state index in [4.69, 9.17) is 4.42 Å². The molecule has 0 aliphatic rings. The molecule has 0 saturated heterocycles. The predicted molar refractivity (Wildman–Crippen MR) is 70.6 cm³/mol. The molecular formula is C14H16N2O2. The summed E-state index contributed by atoms with van der Waals surface area (Å²) in [6.07, 6.45) is 1.65. The highest BCUT2D eigenvalue weighted by molar-refractivity contribution is 5.94. The Labute approximate surface area is 106 Å². The molecule has 4 heteroatoms. The van der Waals surface area contributed by atoms with Gasteiger partial charge in [-0.25, -0.2) is 0 Å². The van der Waals surface area contributed by atoms with E-state index in [1.807, 2.05) is 37.3 Å². The molecular weight excluding hydrogens is 228 g/mol. The molecule has 2 rings (SSSR count). The van der Waals surface area contributed by atoms with Gasteiger partial charge in [0.2, 0.25) is 0 Å². The number of benzene rings is 1. The zero-order chi connectivity index (χ0) is 13.0. The maximum atomic E-state index is 11.5. The van der Waals surface area contributed by atoms with E-state index < -0.39 is 0 Å². The molecule has 0 spiro atoms. The summed E-state index contributed by atoms with van der Waals surface area (Å²) in [6.45, 7) is 2.01. The Kier molecular flexibility index (Phi) is 3.67. The normalized spacial score (nSPS) is 11.9. The number of carbonyl (C=O) groups is 1. The lowest BCUT2D eigenvalue weighted by atomic mass is 10.1. The molecule has 0 saturated carbocycles. The molecule has 18 heavy (non-hydrogen) atoms. The molecule has 1 aromatic carbocycles. The molecule has 4 nitrogen and oxygen atoms in total. The first-order valence-corrected chi connectivity index (χ1v) is 5.83. The highest BCUT2D eigenvalue weighted by atomic mass is 16.3. The first kappa shape index (κ1) is 12.2. The van der Waals surface area contributed by atoms with Crippen LogP contribution in [0.4, 0.5) is 5.69 Å². The van der Waals surface area contributed by atoms with Gasteiger partial charge in [0, 0.05) is 18.3 Å². The minimum atomic E-state index is -0.0932. The quantitative estimate of drug-likeness (QED) is 0.869. The third-order valence-corrected chi connectivity index (χ3v) is 2.70. The molecule has 0 bridgehead atoms. The van der Waals surface area contributed by atoms with Crippen LogP contribution in [-0.2, 0) is 0 Å². The summed E-state index contributed by atoms with van der Waals surface area (Å²) < 4.78 is 5.32. The smallest absolute Gasteiger partial charge is 0.251 e. The van der Waals surface area contributed by atoms with E-state index in [-0.39, 0.29) is 11.9 Å². The average molecular weight is 244 g/mol. The van der Waals surface area contributed by atoms with Crippen molar-refractivity contribution in [1.82, 2.24) is 5.32 Å². The number of hydrogen-bond acceptors (Lipinski definition) is 3.